The molecule has 2 aromatic heterocycles. The fourth-order valence-corrected chi connectivity index (χ4v) is 2.17. The smallest absolute Gasteiger partial charge is 0.413 e. The summed E-state index contributed by atoms with van der Waals surface area (Å²) in [6.07, 6.45) is 1.16. The molecule has 1 amide bonds. The van der Waals surface area contributed by atoms with Gasteiger partial charge in [-0.3, -0.25) is 10.4 Å². The lowest BCUT2D eigenvalue weighted by Gasteiger charge is -2.19. The molecule has 21 heavy (non-hydrogen) atoms. The highest BCUT2D eigenvalue weighted by molar-refractivity contribution is 7.07. The summed E-state index contributed by atoms with van der Waals surface area (Å²) in [5, 5.41) is 14.6. The zero-order valence-electron chi connectivity index (χ0n) is 12.3. The van der Waals surface area contributed by atoms with Crippen LogP contribution in [0.2, 0.25) is 0 Å². The minimum absolute atomic E-state index is 0.507. The summed E-state index contributed by atoms with van der Waals surface area (Å²) in [5.41, 5.74) is 3.11. The van der Waals surface area contributed by atoms with Crippen LogP contribution < -0.4 is 10.6 Å². The third kappa shape index (κ3) is 5.16. The van der Waals surface area contributed by atoms with Crippen molar-refractivity contribution in [1.82, 2.24) is 20.5 Å². The van der Waals surface area contributed by atoms with Crippen LogP contribution in [0.5, 0.6) is 0 Å². The number of nitrogens with zero attached hydrogens (tertiary/aromatic N) is 2. The van der Waals surface area contributed by atoms with Gasteiger partial charge in [-0.25, -0.2) is 9.78 Å². The summed E-state index contributed by atoms with van der Waals surface area (Å²) < 4.78 is 5.20. The van der Waals surface area contributed by atoms with Gasteiger partial charge in [0.25, 0.3) is 0 Å². The van der Waals surface area contributed by atoms with Gasteiger partial charge in [0.2, 0.25) is 0 Å². The van der Waals surface area contributed by atoms with Gasteiger partial charge in [-0.05, 0) is 20.8 Å². The molecule has 0 aliphatic carbocycles. The van der Waals surface area contributed by atoms with Gasteiger partial charge in [-0.2, -0.15) is 5.10 Å². The maximum absolute atomic E-state index is 11.7. The molecule has 0 saturated carbocycles. The Balaban J connectivity index is 1.85. The van der Waals surface area contributed by atoms with E-state index in [-0.39, 0.29) is 0 Å². The number of aromatic nitrogens is 3. The van der Waals surface area contributed by atoms with Crippen molar-refractivity contribution in [3.8, 4) is 0 Å². The molecule has 2 rings (SSSR count). The van der Waals surface area contributed by atoms with E-state index in [9.17, 15) is 4.79 Å². The topological polar surface area (TPSA) is 91.9 Å². The molecule has 0 radical (unpaired) electrons. The predicted octanol–water partition coefficient (Wildman–Crippen LogP) is 2.50. The molecule has 0 unspecified atom stereocenters. The SMILES string of the molecule is CC(C)(C)OC(=O)Nc1[nH]ncc1CNCc1cscn1. The van der Waals surface area contributed by atoms with Gasteiger partial charge < -0.3 is 10.1 Å². The van der Waals surface area contributed by atoms with Crippen LogP contribution in [0, 0.1) is 0 Å². The Bertz CT molecular complexity index is 574. The first-order valence-corrected chi connectivity index (χ1v) is 7.48. The number of aromatic amines is 1. The van der Waals surface area contributed by atoms with Crippen molar-refractivity contribution < 1.29 is 9.53 Å². The van der Waals surface area contributed by atoms with E-state index >= 15 is 0 Å². The molecule has 114 valence electrons. The Morgan fingerprint density at radius 3 is 2.90 bits per heavy atom. The van der Waals surface area contributed by atoms with Crippen molar-refractivity contribution in [2.75, 3.05) is 5.32 Å². The fourth-order valence-electron chi connectivity index (χ4n) is 1.61. The second-order valence-electron chi connectivity index (χ2n) is 5.48. The first-order valence-electron chi connectivity index (χ1n) is 6.54. The Morgan fingerprint density at radius 1 is 1.43 bits per heavy atom. The Morgan fingerprint density at radius 2 is 2.24 bits per heavy atom. The summed E-state index contributed by atoms with van der Waals surface area (Å²) in [7, 11) is 0. The van der Waals surface area contributed by atoms with E-state index in [1.807, 2.05) is 26.2 Å². The van der Waals surface area contributed by atoms with Gasteiger partial charge >= 0.3 is 6.09 Å². The quantitative estimate of drug-likeness (QED) is 0.789. The summed E-state index contributed by atoms with van der Waals surface area (Å²) >= 11 is 1.56. The molecule has 7 nitrogen and oxygen atoms in total. The van der Waals surface area contributed by atoms with E-state index in [4.69, 9.17) is 4.74 Å². The summed E-state index contributed by atoms with van der Waals surface area (Å²) in [6, 6.07) is 0. The average Bonchev–Trinajstić information content (AvgIpc) is 2.99. The number of rotatable bonds is 5. The second-order valence-corrected chi connectivity index (χ2v) is 6.20. The molecule has 0 atom stereocenters. The van der Waals surface area contributed by atoms with Crippen molar-refractivity contribution in [2.45, 2.75) is 39.5 Å². The van der Waals surface area contributed by atoms with Crippen molar-refractivity contribution in [2.24, 2.45) is 0 Å². The van der Waals surface area contributed by atoms with Crippen LogP contribution >= 0.6 is 11.3 Å². The van der Waals surface area contributed by atoms with Crippen LogP contribution in [-0.2, 0) is 17.8 Å². The van der Waals surface area contributed by atoms with Crippen LogP contribution in [0.25, 0.3) is 0 Å². The van der Waals surface area contributed by atoms with Crippen LogP contribution in [0.4, 0.5) is 10.6 Å². The third-order valence-corrected chi connectivity index (χ3v) is 3.08. The number of carbonyl (C=O) groups is 1. The van der Waals surface area contributed by atoms with E-state index < -0.39 is 11.7 Å². The molecular formula is C13H19N5O2S. The lowest BCUT2D eigenvalue weighted by molar-refractivity contribution is 0.0635. The highest BCUT2D eigenvalue weighted by Gasteiger charge is 2.17. The summed E-state index contributed by atoms with van der Waals surface area (Å²) in [6.45, 7) is 6.68. The molecule has 3 N–H and O–H groups in total. The Kier molecular flexibility index (Phi) is 4.92. The maximum Gasteiger partial charge on any atom is 0.413 e. The van der Waals surface area contributed by atoms with Crippen molar-refractivity contribution in [3.05, 3.63) is 28.3 Å². The number of amides is 1. The maximum atomic E-state index is 11.7. The molecule has 0 saturated heterocycles. The van der Waals surface area contributed by atoms with Gasteiger partial charge in [0.1, 0.15) is 11.4 Å². The molecule has 0 bridgehead atoms. The molecule has 0 aliphatic rings. The van der Waals surface area contributed by atoms with Crippen LogP contribution in [0.3, 0.4) is 0 Å². The minimum atomic E-state index is -0.535. The molecule has 0 aliphatic heterocycles. The number of carbonyl (C=O) groups excluding carboxylic acids is 1. The largest absolute Gasteiger partial charge is 0.444 e. The standard InChI is InChI=1S/C13H19N5O2S/c1-13(2,3)20-12(19)17-11-9(5-16-18-11)4-14-6-10-7-21-8-15-10/h5,7-8,14H,4,6H2,1-3H3,(H2,16,17,18,19). The van der Waals surface area contributed by atoms with Gasteiger partial charge in [-0.1, -0.05) is 0 Å². The number of thiazole rings is 1. The Hall–Kier alpha value is -1.93. The first-order chi connectivity index (χ1) is 9.94. The number of H-pyrrole nitrogens is 1. The molecule has 0 spiro atoms. The Labute approximate surface area is 127 Å². The number of hydrogen-bond acceptors (Lipinski definition) is 6. The van der Waals surface area contributed by atoms with Crippen LogP contribution in [0.15, 0.2) is 17.1 Å². The van der Waals surface area contributed by atoms with E-state index in [1.54, 1.807) is 23.0 Å². The zero-order chi connectivity index (χ0) is 15.3. The van der Waals surface area contributed by atoms with E-state index in [1.165, 1.54) is 0 Å². The minimum Gasteiger partial charge on any atom is -0.444 e. The van der Waals surface area contributed by atoms with E-state index in [2.05, 4.69) is 25.8 Å². The zero-order valence-corrected chi connectivity index (χ0v) is 13.1. The van der Waals surface area contributed by atoms with E-state index in [0.29, 0.717) is 18.9 Å². The molecule has 0 aromatic carbocycles. The number of anilines is 1. The number of nitrogens with one attached hydrogen (secondary N) is 3. The van der Waals surface area contributed by atoms with Gasteiger partial charge in [0, 0.05) is 24.0 Å². The average molecular weight is 309 g/mol. The monoisotopic (exact) mass is 309 g/mol. The third-order valence-electron chi connectivity index (χ3n) is 2.45. The molecule has 2 heterocycles. The van der Waals surface area contributed by atoms with Gasteiger partial charge in [0.15, 0.2) is 0 Å². The van der Waals surface area contributed by atoms with Crippen LogP contribution in [-0.4, -0.2) is 26.9 Å². The van der Waals surface area contributed by atoms with Crippen molar-refractivity contribution in [3.63, 3.8) is 0 Å². The summed E-state index contributed by atoms with van der Waals surface area (Å²) in [4.78, 5) is 15.9. The number of hydrogen-bond donors (Lipinski definition) is 3. The van der Waals surface area contributed by atoms with Gasteiger partial charge in [-0.15, -0.1) is 11.3 Å². The summed E-state index contributed by atoms with van der Waals surface area (Å²) in [5.74, 6) is 0.537. The highest BCUT2D eigenvalue weighted by atomic mass is 32.1. The molecule has 8 heteroatoms. The highest BCUT2D eigenvalue weighted by Crippen LogP contribution is 2.14. The van der Waals surface area contributed by atoms with Crippen molar-refractivity contribution >= 4 is 23.2 Å². The lowest BCUT2D eigenvalue weighted by atomic mass is 10.2. The van der Waals surface area contributed by atoms with Crippen LogP contribution in [0.1, 0.15) is 32.0 Å². The molecule has 0 fully saturated rings. The molecular weight excluding hydrogens is 290 g/mol. The normalized spacial score (nSPS) is 11.4. The molecule has 2 aromatic rings. The number of ether oxygens (including phenoxy) is 1. The van der Waals surface area contributed by atoms with Gasteiger partial charge in [0.05, 0.1) is 17.4 Å². The van der Waals surface area contributed by atoms with E-state index in [0.717, 1.165) is 11.3 Å². The second kappa shape index (κ2) is 6.68. The fraction of sp³-hybridized carbons (Fsp3) is 0.462. The lowest BCUT2D eigenvalue weighted by Crippen LogP contribution is -2.27. The predicted molar refractivity (Wildman–Crippen MR) is 81.1 cm³/mol. The first kappa shape index (κ1) is 15.5. The van der Waals surface area contributed by atoms with Crippen molar-refractivity contribution in [1.29, 1.82) is 0 Å².